The third-order valence-electron chi connectivity index (χ3n) is 2.69. The molecular weight excluding hydrogens is 222 g/mol. The molecule has 0 saturated carbocycles. The first-order chi connectivity index (χ1) is 7.64. The number of thioether (sulfide) groups is 1. The number of aliphatic imine (C=N–C) groups is 1. The van der Waals surface area contributed by atoms with Crippen molar-refractivity contribution in [3.05, 3.63) is 12.7 Å². The van der Waals surface area contributed by atoms with E-state index < -0.39 is 11.5 Å². The Balaban J connectivity index is 2.62. The van der Waals surface area contributed by atoms with Crippen LogP contribution in [0.1, 0.15) is 39.0 Å². The molecule has 1 heterocycles. The summed E-state index contributed by atoms with van der Waals surface area (Å²) in [6.07, 6.45) is 6.45. The molecule has 0 aromatic heterocycles. The van der Waals surface area contributed by atoms with Gasteiger partial charge < -0.3 is 5.11 Å². The summed E-state index contributed by atoms with van der Waals surface area (Å²) in [6, 6.07) is 0. The molecular formula is C12H19NO2S. The van der Waals surface area contributed by atoms with Gasteiger partial charge in [-0.05, 0) is 12.8 Å². The molecule has 16 heavy (non-hydrogen) atoms. The molecule has 0 aromatic rings. The Kier molecular flexibility index (Phi) is 5.06. The summed E-state index contributed by atoms with van der Waals surface area (Å²) >= 11 is 1.59. The predicted molar refractivity (Wildman–Crippen MR) is 69.2 cm³/mol. The summed E-state index contributed by atoms with van der Waals surface area (Å²) in [5.74, 6) is -0.277. The average Bonchev–Trinajstić information content (AvgIpc) is 2.64. The van der Waals surface area contributed by atoms with Crippen LogP contribution in [-0.4, -0.2) is 27.4 Å². The number of carboxylic acid groups (broad SMARTS) is 1. The van der Waals surface area contributed by atoms with Crippen LogP contribution >= 0.6 is 11.8 Å². The lowest BCUT2D eigenvalue weighted by Crippen LogP contribution is -2.36. The fraction of sp³-hybridized carbons (Fsp3) is 0.667. The quantitative estimate of drug-likeness (QED) is 0.550. The van der Waals surface area contributed by atoms with Crippen molar-refractivity contribution in [2.75, 3.05) is 5.75 Å². The zero-order chi connectivity index (χ0) is 12.0. The van der Waals surface area contributed by atoms with Crippen LogP contribution in [0, 0.1) is 0 Å². The van der Waals surface area contributed by atoms with Crippen LogP contribution in [0.5, 0.6) is 0 Å². The Morgan fingerprint density at radius 3 is 3.00 bits per heavy atom. The van der Waals surface area contributed by atoms with Gasteiger partial charge in [0.15, 0.2) is 5.54 Å². The van der Waals surface area contributed by atoms with Gasteiger partial charge >= 0.3 is 5.97 Å². The Hall–Kier alpha value is -0.770. The summed E-state index contributed by atoms with van der Waals surface area (Å²) in [5.41, 5.74) is -0.937. The molecule has 1 rings (SSSR count). The molecule has 0 radical (unpaired) electrons. The Labute approximate surface area is 101 Å². The number of nitrogens with zero attached hydrogens (tertiary/aromatic N) is 1. The minimum atomic E-state index is -0.937. The molecule has 3 nitrogen and oxygen atoms in total. The van der Waals surface area contributed by atoms with Crippen molar-refractivity contribution in [2.45, 2.75) is 44.6 Å². The van der Waals surface area contributed by atoms with Gasteiger partial charge in [-0.3, -0.25) is 4.99 Å². The van der Waals surface area contributed by atoms with Crippen LogP contribution in [0.4, 0.5) is 0 Å². The molecule has 0 amide bonds. The standard InChI is InChI=1S/C12H19NO2S/c1-3-5-6-7-10-13-12(8-4-2,9-16-10)11(14)15/h4H,2-3,5-9H2,1H3,(H,14,15)/t12-/m1/s1. The summed E-state index contributed by atoms with van der Waals surface area (Å²) in [4.78, 5) is 15.6. The zero-order valence-corrected chi connectivity index (χ0v) is 10.6. The fourth-order valence-electron chi connectivity index (χ4n) is 1.70. The maximum atomic E-state index is 11.2. The minimum absolute atomic E-state index is 0.423. The largest absolute Gasteiger partial charge is 0.479 e. The molecule has 1 aliphatic heterocycles. The maximum absolute atomic E-state index is 11.2. The van der Waals surface area contributed by atoms with E-state index in [9.17, 15) is 9.90 Å². The van der Waals surface area contributed by atoms with Gasteiger partial charge in [0.1, 0.15) is 0 Å². The highest BCUT2D eigenvalue weighted by Gasteiger charge is 2.41. The maximum Gasteiger partial charge on any atom is 0.332 e. The first-order valence-electron chi connectivity index (χ1n) is 5.70. The fourth-order valence-corrected chi connectivity index (χ4v) is 2.94. The molecule has 0 bridgehead atoms. The van der Waals surface area contributed by atoms with Crippen molar-refractivity contribution in [3.8, 4) is 0 Å². The second kappa shape index (κ2) is 6.09. The first kappa shape index (κ1) is 13.3. The van der Waals surface area contributed by atoms with Gasteiger partial charge in [-0.25, -0.2) is 4.79 Å². The van der Waals surface area contributed by atoms with Crippen molar-refractivity contribution in [3.63, 3.8) is 0 Å². The van der Waals surface area contributed by atoms with E-state index in [0.29, 0.717) is 12.2 Å². The third kappa shape index (κ3) is 3.11. The monoisotopic (exact) mass is 241 g/mol. The van der Waals surface area contributed by atoms with Crippen molar-refractivity contribution in [2.24, 2.45) is 4.99 Å². The van der Waals surface area contributed by atoms with E-state index in [1.165, 1.54) is 12.8 Å². The average molecular weight is 241 g/mol. The predicted octanol–water partition coefficient (Wildman–Crippen LogP) is 3.11. The Bertz CT molecular complexity index is 301. The van der Waals surface area contributed by atoms with Gasteiger partial charge in [0.2, 0.25) is 0 Å². The van der Waals surface area contributed by atoms with Crippen LogP contribution in [0.3, 0.4) is 0 Å². The Morgan fingerprint density at radius 2 is 2.44 bits per heavy atom. The van der Waals surface area contributed by atoms with Gasteiger partial charge in [0, 0.05) is 12.2 Å². The summed E-state index contributed by atoms with van der Waals surface area (Å²) in [7, 11) is 0. The molecule has 90 valence electrons. The number of unbranched alkanes of at least 4 members (excludes halogenated alkanes) is 2. The van der Waals surface area contributed by atoms with Gasteiger partial charge in [-0.1, -0.05) is 25.8 Å². The van der Waals surface area contributed by atoms with Crippen LogP contribution in [0.2, 0.25) is 0 Å². The molecule has 1 aliphatic rings. The van der Waals surface area contributed by atoms with Crippen molar-refractivity contribution < 1.29 is 9.90 Å². The molecule has 0 unspecified atom stereocenters. The zero-order valence-electron chi connectivity index (χ0n) is 9.74. The van der Waals surface area contributed by atoms with Crippen molar-refractivity contribution in [1.82, 2.24) is 0 Å². The molecule has 0 fully saturated rings. The van der Waals surface area contributed by atoms with Gasteiger partial charge in [0.05, 0.1) is 5.04 Å². The van der Waals surface area contributed by atoms with Crippen molar-refractivity contribution in [1.29, 1.82) is 0 Å². The molecule has 0 spiro atoms. The number of hydrogen-bond acceptors (Lipinski definition) is 3. The van der Waals surface area contributed by atoms with Crippen LogP contribution in [0.25, 0.3) is 0 Å². The lowest BCUT2D eigenvalue weighted by molar-refractivity contribution is -0.142. The Morgan fingerprint density at radius 1 is 1.69 bits per heavy atom. The minimum Gasteiger partial charge on any atom is -0.479 e. The smallest absolute Gasteiger partial charge is 0.332 e. The summed E-state index contributed by atoms with van der Waals surface area (Å²) in [6.45, 7) is 5.77. The molecule has 0 aromatic carbocycles. The van der Waals surface area contributed by atoms with Gasteiger partial charge in [0.25, 0.3) is 0 Å². The van der Waals surface area contributed by atoms with Gasteiger partial charge in [-0.15, -0.1) is 18.3 Å². The van der Waals surface area contributed by atoms with E-state index in [2.05, 4.69) is 18.5 Å². The molecule has 0 aliphatic carbocycles. The molecule has 0 saturated heterocycles. The number of carbonyl (C=O) groups is 1. The van der Waals surface area contributed by atoms with E-state index in [1.807, 2.05) is 0 Å². The van der Waals surface area contributed by atoms with Crippen molar-refractivity contribution >= 4 is 22.8 Å². The van der Waals surface area contributed by atoms with Crippen LogP contribution < -0.4 is 0 Å². The number of aliphatic carboxylic acids is 1. The number of carboxylic acids is 1. The van der Waals surface area contributed by atoms with Gasteiger partial charge in [-0.2, -0.15) is 0 Å². The summed E-state index contributed by atoms with van der Waals surface area (Å²) < 4.78 is 0. The second-order valence-electron chi connectivity index (χ2n) is 4.08. The summed E-state index contributed by atoms with van der Waals surface area (Å²) in [5, 5.41) is 10.2. The molecule has 1 N–H and O–H groups in total. The van der Waals surface area contributed by atoms with E-state index in [0.717, 1.165) is 17.9 Å². The van der Waals surface area contributed by atoms with E-state index in [4.69, 9.17) is 0 Å². The van der Waals surface area contributed by atoms with Crippen LogP contribution in [-0.2, 0) is 4.79 Å². The topological polar surface area (TPSA) is 49.7 Å². The number of hydrogen-bond donors (Lipinski definition) is 1. The third-order valence-corrected chi connectivity index (χ3v) is 3.94. The lowest BCUT2D eigenvalue weighted by Gasteiger charge is -2.17. The first-order valence-corrected chi connectivity index (χ1v) is 6.69. The van der Waals surface area contributed by atoms with E-state index in [-0.39, 0.29) is 0 Å². The second-order valence-corrected chi connectivity index (χ2v) is 5.13. The SMILES string of the molecule is C=CC[C@]1(C(=O)O)CSC(CCCCC)=N1. The van der Waals surface area contributed by atoms with E-state index in [1.54, 1.807) is 17.8 Å². The highest BCUT2D eigenvalue weighted by molar-refractivity contribution is 8.14. The molecule has 4 heteroatoms. The van der Waals surface area contributed by atoms with E-state index >= 15 is 0 Å². The lowest BCUT2D eigenvalue weighted by atomic mass is 9.99. The highest BCUT2D eigenvalue weighted by Crippen LogP contribution is 2.33. The van der Waals surface area contributed by atoms with Crippen LogP contribution in [0.15, 0.2) is 17.6 Å². The molecule has 1 atom stereocenters. The normalized spacial score (nSPS) is 24.2. The highest BCUT2D eigenvalue weighted by atomic mass is 32.2. The number of rotatable bonds is 7.